The number of ether oxygens (including phenoxy) is 1. The zero-order valence-corrected chi connectivity index (χ0v) is 17.9. The number of carbonyl (C=O) groups is 1. The maximum atomic E-state index is 15.4. The Morgan fingerprint density at radius 2 is 1.94 bits per heavy atom. The van der Waals surface area contributed by atoms with Crippen LogP contribution < -0.4 is 0 Å². The van der Waals surface area contributed by atoms with E-state index >= 15 is 8.78 Å². The molecule has 0 bridgehead atoms. The average Bonchev–Trinajstić information content (AvgIpc) is 3.08. The lowest BCUT2D eigenvalue weighted by molar-refractivity contribution is -0.131. The second-order valence-electron chi connectivity index (χ2n) is 8.96. The Morgan fingerprint density at radius 1 is 1.22 bits per heavy atom. The van der Waals surface area contributed by atoms with E-state index in [1.54, 1.807) is 0 Å². The third-order valence-corrected chi connectivity index (χ3v) is 6.81. The molecule has 6 heteroatoms. The highest BCUT2D eigenvalue weighted by molar-refractivity contribution is 5.85. The Hall–Kier alpha value is -2.83. The first-order chi connectivity index (χ1) is 15.4. The lowest BCUT2D eigenvalue weighted by Crippen LogP contribution is -2.47. The van der Waals surface area contributed by atoms with Gasteiger partial charge in [-0.1, -0.05) is 24.3 Å². The van der Waals surface area contributed by atoms with Crippen molar-refractivity contribution >= 4 is 17.6 Å². The van der Waals surface area contributed by atoms with Crippen molar-refractivity contribution in [2.75, 3.05) is 19.8 Å². The molecule has 2 aliphatic heterocycles. The van der Waals surface area contributed by atoms with Crippen LogP contribution in [0.5, 0.6) is 0 Å². The molecule has 2 atom stereocenters. The van der Waals surface area contributed by atoms with Crippen LogP contribution >= 0.6 is 0 Å². The van der Waals surface area contributed by atoms with E-state index in [4.69, 9.17) is 9.84 Å². The average molecular weight is 437 g/mol. The first kappa shape index (κ1) is 21.0. The number of hydrogen-bond donors (Lipinski definition) is 1. The van der Waals surface area contributed by atoms with Crippen LogP contribution in [0.2, 0.25) is 0 Å². The Kier molecular flexibility index (Phi) is 5.43. The molecule has 1 N–H and O–H groups in total. The summed E-state index contributed by atoms with van der Waals surface area (Å²) < 4.78 is 36.2. The van der Waals surface area contributed by atoms with Crippen molar-refractivity contribution in [2.24, 2.45) is 5.92 Å². The fourth-order valence-corrected chi connectivity index (χ4v) is 5.27. The van der Waals surface area contributed by atoms with Crippen molar-refractivity contribution < 1.29 is 23.4 Å². The van der Waals surface area contributed by atoms with Gasteiger partial charge in [-0.2, -0.15) is 0 Å². The fraction of sp³-hybridized carbons (Fsp3) is 0.346. The van der Waals surface area contributed by atoms with Crippen LogP contribution in [0.1, 0.15) is 41.6 Å². The minimum Gasteiger partial charge on any atom is -0.478 e. The van der Waals surface area contributed by atoms with Crippen molar-refractivity contribution in [1.29, 1.82) is 0 Å². The lowest BCUT2D eigenvalue weighted by atomic mass is 9.83. The van der Waals surface area contributed by atoms with Crippen molar-refractivity contribution in [3.8, 4) is 0 Å². The van der Waals surface area contributed by atoms with Crippen LogP contribution in [0.15, 0.2) is 48.0 Å². The smallest absolute Gasteiger partial charge is 0.328 e. The molecule has 0 radical (unpaired) electrons. The molecular weight excluding hydrogens is 412 g/mol. The van der Waals surface area contributed by atoms with E-state index in [2.05, 4.69) is 24.0 Å². The first-order valence-corrected chi connectivity index (χ1v) is 11.0. The lowest BCUT2D eigenvalue weighted by Gasteiger charge is -2.45. The molecule has 2 heterocycles. The topological polar surface area (TPSA) is 49.8 Å². The molecule has 166 valence electrons. The summed E-state index contributed by atoms with van der Waals surface area (Å²) >= 11 is 0. The maximum Gasteiger partial charge on any atom is 0.328 e. The summed E-state index contributed by atoms with van der Waals surface area (Å²) in [6.07, 6.45) is 3.62. The van der Waals surface area contributed by atoms with Gasteiger partial charge in [0.1, 0.15) is 11.6 Å². The molecule has 1 aliphatic carbocycles. The van der Waals surface area contributed by atoms with Crippen LogP contribution in [-0.2, 0) is 16.0 Å². The zero-order chi connectivity index (χ0) is 22.4. The molecule has 32 heavy (non-hydrogen) atoms. The van der Waals surface area contributed by atoms with Crippen LogP contribution in [0, 0.1) is 17.6 Å². The van der Waals surface area contributed by atoms with E-state index in [9.17, 15) is 4.79 Å². The van der Waals surface area contributed by atoms with Crippen molar-refractivity contribution in [1.82, 2.24) is 4.90 Å². The van der Waals surface area contributed by atoms with E-state index in [1.165, 1.54) is 34.9 Å². The van der Waals surface area contributed by atoms with Crippen molar-refractivity contribution in [3.63, 3.8) is 0 Å². The van der Waals surface area contributed by atoms with Gasteiger partial charge in [-0.25, -0.2) is 13.6 Å². The summed E-state index contributed by atoms with van der Waals surface area (Å²) in [5.41, 5.74) is 4.89. The summed E-state index contributed by atoms with van der Waals surface area (Å²) in [6, 6.07) is 10.3. The van der Waals surface area contributed by atoms with Gasteiger partial charge in [-0.05, 0) is 65.8 Å². The molecule has 3 aliphatic rings. The molecule has 5 rings (SSSR count). The van der Waals surface area contributed by atoms with Crippen LogP contribution in [0.25, 0.3) is 11.6 Å². The van der Waals surface area contributed by atoms with Gasteiger partial charge < -0.3 is 9.84 Å². The molecule has 1 fully saturated rings. The Morgan fingerprint density at radius 3 is 2.59 bits per heavy atom. The van der Waals surface area contributed by atoms with Gasteiger partial charge in [0.05, 0.1) is 19.3 Å². The Labute approximate surface area is 185 Å². The molecule has 2 aromatic carbocycles. The number of hydrogen-bond acceptors (Lipinski definition) is 3. The molecule has 0 amide bonds. The molecule has 0 saturated carbocycles. The van der Waals surface area contributed by atoms with Gasteiger partial charge in [0.15, 0.2) is 0 Å². The predicted octanol–water partition coefficient (Wildman–Crippen LogP) is 4.85. The number of nitrogens with zero attached hydrogens (tertiary/aromatic N) is 1. The molecule has 2 aromatic rings. The minimum absolute atomic E-state index is 0.0459. The molecule has 0 aromatic heterocycles. The molecule has 2 unspecified atom stereocenters. The van der Waals surface area contributed by atoms with E-state index < -0.39 is 23.6 Å². The highest BCUT2D eigenvalue weighted by Gasteiger charge is 2.42. The summed E-state index contributed by atoms with van der Waals surface area (Å²) in [5.74, 6) is -2.10. The highest BCUT2D eigenvalue weighted by Crippen LogP contribution is 2.49. The molecule has 1 saturated heterocycles. The largest absolute Gasteiger partial charge is 0.478 e. The number of fused-ring (bicyclic) bond motifs is 2. The number of halogens is 2. The van der Waals surface area contributed by atoms with Crippen LogP contribution in [-0.4, -0.2) is 41.8 Å². The quantitative estimate of drug-likeness (QED) is 0.679. The van der Waals surface area contributed by atoms with Gasteiger partial charge in [-0.3, -0.25) is 4.90 Å². The van der Waals surface area contributed by atoms with E-state index in [-0.39, 0.29) is 17.2 Å². The van der Waals surface area contributed by atoms with Crippen molar-refractivity contribution in [2.45, 2.75) is 31.8 Å². The minimum atomic E-state index is -1.16. The summed E-state index contributed by atoms with van der Waals surface area (Å²) in [7, 11) is 0. The summed E-state index contributed by atoms with van der Waals surface area (Å²) in [5, 5.41) is 8.84. The van der Waals surface area contributed by atoms with E-state index in [1.807, 2.05) is 12.1 Å². The Balaban J connectivity index is 1.61. The first-order valence-electron chi connectivity index (χ1n) is 11.0. The molecule has 0 spiro atoms. The predicted molar refractivity (Wildman–Crippen MR) is 118 cm³/mol. The standard InChI is InChI=1S/C26H25F2NO3/c1-15-8-20-19-5-3-2-4-18(19)11-21(20)26(29(15)12-17-13-32-14-17)25-22(27)9-16(10-23(25)28)6-7-24(30)31/h2-7,9-10,15,17,26H,8,11-14H2,1H3,(H,30,31)/b7-6+. The summed E-state index contributed by atoms with van der Waals surface area (Å²) in [4.78, 5) is 13.0. The number of carboxylic acid groups (broad SMARTS) is 1. The SMILES string of the molecule is CC1CC2=C(Cc3ccccc32)C(c2c(F)cc(/C=C/C(=O)O)cc2F)N1CC1COC1. The third kappa shape index (κ3) is 3.67. The van der Waals surface area contributed by atoms with Gasteiger partial charge in [-0.15, -0.1) is 0 Å². The normalized spacial score (nSPS) is 23.3. The Bertz CT molecular complexity index is 1110. The number of rotatable bonds is 5. The number of benzene rings is 2. The van der Waals surface area contributed by atoms with Gasteiger partial charge in [0, 0.05) is 30.1 Å². The van der Waals surface area contributed by atoms with Crippen LogP contribution in [0.4, 0.5) is 8.78 Å². The second-order valence-corrected chi connectivity index (χ2v) is 8.96. The zero-order valence-electron chi connectivity index (χ0n) is 17.9. The fourth-order valence-electron chi connectivity index (χ4n) is 5.27. The molecular formula is C26H25F2NO3. The van der Waals surface area contributed by atoms with Gasteiger partial charge in [0.2, 0.25) is 0 Å². The van der Waals surface area contributed by atoms with E-state index in [0.717, 1.165) is 24.6 Å². The number of carboxylic acids is 1. The maximum absolute atomic E-state index is 15.4. The number of aliphatic carboxylic acids is 1. The molecule has 4 nitrogen and oxygen atoms in total. The van der Waals surface area contributed by atoms with E-state index in [0.29, 0.717) is 25.6 Å². The second kappa shape index (κ2) is 8.26. The summed E-state index contributed by atoms with van der Waals surface area (Å²) in [6.45, 7) is 4.19. The monoisotopic (exact) mass is 437 g/mol. The van der Waals surface area contributed by atoms with Gasteiger partial charge >= 0.3 is 5.97 Å². The third-order valence-electron chi connectivity index (χ3n) is 6.81. The van der Waals surface area contributed by atoms with Gasteiger partial charge in [0.25, 0.3) is 0 Å². The highest BCUT2D eigenvalue weighted by atomic mass is 19.1. The van der Waals surface area contributed by atoms with Crippen molar-refractivity contribution in [3.05, 3.63) is 81.9 Å². The van der Waals surface area contributed by atoms with Crippen LogP contribution in [0.3, 0.4) is 0 Å².